The van der Waals surface area contributed by atoms with Crippen molar-refractivity contribution in [1.29, 1.82) is 0 Å². The molecule has 2 heterocycles. The molecule has 0 radical (unpaired) electrons. The fourth-order valence-corrected chi connectivity index (χ4v) is 2.93. The van der Waals surface area contributed by atoms with Crippen molar-refractivity contribution in [3.8, 4) is 0 Å². The van der Waals surface area contributed by atoms with Crippen molar-refractivity contribution in [3.05, 3.63) is 22.3 Å². The molecule has 6 nitrogen and oxygen atoms in total. The molecule has 1 aliphatic rings. The summed E-state index contributed by atoms with van der Waals surface area (Å²) in [6, 6.07) is 1.68. The number of amides is 1. The molecular formula is C15H22BrN3O3. The third kappa shape index (κ3) is 3.89. The second-order valence-corrected chi connectivity index (χ2v) is 7.39. The van der Waals surface area contributed by atoms with Crippen LogP contribution >= 0.6 is 15.9 Å². The summed E-state index contributed by atoms with van der Waals surface area (Å²) >= 11 is 3.37. The average Bonchev–Trinajstić information content (AvgIpc) is 2.84. The molecule has 0 spiro atoms. The van der Waals surface area contributed by atoms with Crippen LogP contribution in [0.4, 0.5) is 10.6 Å². The first-order chi connectivity index (χ1) is 10.2. The second kappa shape index (κ2) is 6.42. The van der Waals surface area contributed by atoms with Crippen LogP contribution in [0.1, 0.15) is 38.7 Å². The number of halogens is 1. The summed E-state index contributed by atoms with van der Waals surface area (Å²) in [5.74, 6) is 0.540. The molecule has 1 aromatic heterocycles. The van der Waals surface area contributed by atoms with Gasteiger partial charge in [-0.25, -0.2) is 9.78 Å². The number of hydrogen-bond donors (Lipinski definition) is 2. The fraction of sp³-hybridized carbons (Fsp3) is 0.600. The van der Waals surface area contributed by atoms with Crippen molar-refractivity contribution in [1.82, 2.24) is 9.88 Å². The highest BCUT2D eigenvalue weighted by Crippen LogP contribution is 2.34. The molecular weight excluding hydrogens is 350 g/mol. The zero-order valence-electron chi connectivity index (χ0n) is 13.0. The molecule has 122 valence electrons. The number of carbonyl (C=O) groups excluding carboxylic acids is 1. The number of pyridine rings is 1. The van der Waals surface area contributed by atoms with Crippen LogP contribution < -0.4 is 5.73 Å². The van der Waals surface area contributed by atoms with Gasteiger partial charge in [0.1, 0.15) is 11.4 Å². The summed E-state index contributed by atoms with van der Waals surface area (Å²) in [7, 11) is 0. The maximum atomic E-state index is 12.3. The Labute approximate surface area is 138 Å². The van der Waals surface area contributed by atoms with E-state index in [0.717, 1.165) is 10.0 Å². The molecule has 0 aliphatic carbocycles. The zero-order valence-corrected chi connectivity index (χ0v) is 14.6. The quantitative estimate of drug-likeness (QED) is 0.833. The van der Waals surface area contributed by atoms with Gasteiger partial charge in [0.2, 0.25) is 0 Å². The predicted octanol–water partition coefficient (Wildman–Crippen LogP) is 2.51. The van der Waals surface area contributed by atoms with Gasteiger partial charge in [-0.3, -0.25) is 0 Å². The summed E-state index contributed by atoms with van der Waals surface area (Å²) in [6.07, 6.45) is 2.00. The molecule has 2 rings (SSSR count). The SMILES string of the molecule is CC(C)(C)OC(=O)N1CC(c2cnc(N)c(Br)c2)CC1CO. The van der Waals surface area contributed by atoms with E-state index in [1.54, 1.807) is 11.1 Å². The smallest absolute Gasteiger partial charge is 0.410 e. The molecule has 7 heteroatoms. The Morgan fingerprint density at radius 3 is 2.82 bits per heavy atom. The Morgan fingerprint density at radius 1 is 1.59 bits per heavy atom. The maximum absolute atomic E-state index is 12.3. The molecule has 0 bridgehead atoms. The van der Waals surface area contributed by atoms with Crippen LogP contribution in [0.3, 0.4) is 0 Å². The Hall–Kier alpha value is -1.34. The minimum absolute atomic E-state index is 0.0840. The van der Waals surface area contributed by atoms with Crippen molar-refractivity contribution >= 4 is 27.8 Å². The number of aliphatic hydroxyl groups excluding tert-OH is 1. The maximum Gasteiger partial charge on any atom is 0.410 e. The molecule has 1 aromatic rings. The average molecular weight is 372 g/mol. The summed E-state index contributed by atoms with van der Waals surface area (Å²) < 4.78 is 6.15. The van der Waals surface area contributed by atoms with E-state index in [0.29, 0.717) is 18.8 Å². The van der Waals surface area contributed by atoms with Crippen LogP contribution in [0.25, 0.3) is 0 Å². The highest BCUT2D eigenvalue weighted by molar-refractivity contribution is 9.10. The number of anilines is 1. The third-order valence-electron chi connectivity index (χ3n) is 3.62. The van der Waals surface area contributed by atoms with Crippen LogP contribution in [0.15, 0.2) is 16.7 Å². The lowest BCUT2D eigenvalue weighted by Gasteiger charge is -2.27. The summed E-state index contributed by atoms with van der Waals surface area (Å²) in [4.78, 5) is 18.0. The molecule has 0 saturated carbocycles. The Balaban J connectivity index is 2.14. The molecule has 0 aromatic carbocycles. The highest BCUT2D eigenvalue weighted by Gasteiger charge is 2.37. The van der Waals surface area contributed by atoms with Crippen LogP contribution in [-0.4, -0.2) is 45.9 Å². The number of likely N-dealkylation sites (tertiary alicyclic amines) is 1. The molecule has 1 amide bonds. The first kappa shape index (κ1) is 17.0. The van der Waals surface area contributed by atoms with E-state index < -0.39 is 11.7 Å². The van der Waals surface area contributed by atoms with E-state index in [4.69, 9.17) is 10.5 Å². The van der Waals surface area contributed by atoms with E-state index in [1.807, 2.05) is 26.8 Å². The topological polar surface area (TPSA) is 88.7 Å². The molecule has 1 aliphatic heterocycles. The molecule has 1 fully saturated rings. The zero-order chi connectivity index (χ0) is 16.5. The van der Waals surface area contributed by atoms with E-state index >= 15 is 0 Å². The molecule has 1 saturated heterocycles. The summed E-state index contributed by atoms with van der Waals surface area (Å²) in [5.41, 5.74) is 6.14. The lowest BCUT2D eigenvalue weighted by atomic mass is 9.98. The van der Waals surface area contributed by atoms with Gasteiger partial charge in [0.05, 0.1) is 17.1 Å². The van der Waals surface area contributed by atoms with Gasteiger partial charge in [-0.15, -0.1) is 0 Å². The first-order valence-corrected chi connectivity index (χ1v) is 8.02. The number of hydrogen-bond acceptors (Lipinski definition) is 5. The molecule has 2 atom stereocenters. The minimum Gasteiger partial charge on any atom is -0.444 e. The molecule has 22 heavy (non-hydrogen) atoms. The number of aliphatic hydroxyl groups is 1. The van der Waals surface area contributed by atoms with Crippen molar-refractivity contribution in [3.63, 3.8) is 0 Å². The van der Waals surface area contributed by atoms with Gasteiger partial charge in [0.25, 0.3) is 0 Å². The standard InChI is InChI=1S/C15H22BrN3O3/c1-15(2,3)22-14(21)19-7-10(4-11(19)8-20)9-5-12(16)13(17)18-6-9/h5-6,10-11,20H,4,7-8H2,1-3H3,(H2,17,18). The number of nitrogens with zero attached hydrogens (tertiary/aromatic N) is 2. The van der Waals surface area contributed by atoms with Gasteiger partial charge in [0, 0.05) is 18.7 Å². The van der Waals surface area contributed by atoms with Gasteiger partial charge in [0.15, 0.2) is 0 Å². The normalized spacial score (nSPS) is 22.0. The molecule has 3 N–H and O–H groups in total. The monoisotopic (exact) mass is 371 g/mol. The minimum atomic E-state index is -0.555. The Morgan fingerprint density at radius 2 is 2.27 bits per heavy atom. The van der Waals surface area contributed by atoms with E-state index in [9.17, 15) is 9.90 Å². The van der Waals surface area contributed by atoms with Gasteiger partial charge in [-0.2, -0.15) is 0 Å². The fourth-order valence-electron chi connectivity index (χ4n) is 2.56. The summed E-state index contributed by atoms with van der Waals surface area (Å²) in [5, 5.41) is 9.55. The lowest BCUT2D eigenvalue weighted by molar-refractivity contribution is 0.0174. The largest absolute Gasteiger partial charge is 0.444 e. The van der Waals surface area contributed by atoms with Crippen LogP contribution in [0.5, 0.6) is 0 Å². The van der Waals surface area contributed by atoms with Gasteiger partial charge >= 0.3 is 6.09 Å². The van der Waals surface area contributed by atoms with Crippen molar-refractivity contribution in [2.24, 2.45) is 0 Å². The van der Waals surface area contributed by atoms with E-state index in [1.165, 1.54) is 0 Å². The molecule has 2 unspecified atom stereocenters. The highest BCUT2D eigenvalue weighted by atomic mass is 79.9. The number of rotatable bonds is 2. The van der Waals surface area contributed by atoms with Gasteiger partial charge in [-0.1, -0.05) is 0 Å². The van der Waals surface area contributed by atoms with Gasteiger partial charge < -0.3 is 20.5 Å². The van der Waals surface area contributed by atoms with Crippen LogP contribution in [0, 0.1) is 0 Å². The lowest BCUT2D eigenvalue weighted by Crippen LogP contribution is -2.41. The van der Waals surface area contributed by atoms with Crippen LogP contribution in [-0.2, 0) is 4.74 Å². The Bertz CT molecular complexity index is 559. The predicted molar refractivity (Wildman–Crippen MR) is 87.5 cm³/mol. The number of carbonyl (C=O) groups is 1. The number of aromatic nitrogens is 1. The third-order valence-corrected chi connectivity index (χ3v) is 4.25. The first-order valence-electron chi connectivity index (χ1n) is 7.22. The van der Waals surface area contributed by atoms with E-state index in [2.05, 4.69) is 20.9 Å². The number of nitrogens with two attached hydrogens (primary N) is 1. The van der Waals surface area contributed by atoms with Crippen molar-refractivity contribution in [2.75, 3.05) is 18.9 Å². The van der Waals surface area contributed by atoms with Crippen molar-refractivity contribution in [2.45, 2.75) is 44.8 Å². The van der Waals surface area contributed by atoms with Crippen LogP contribution in [0.2, 0.25) is 0 Å². The Kier molecular flexibility index (Phi) is 4.97. The van der Waals surface area contributed by atoms with Gasteiger partial charge in [-0.05, 0) is 54.8 Å². The van der Waals surface area contributed by atoms with Crippen molar-refractivity contribution < 1.29 is 14.6 Å². The van der Waals surface area contributed by atoms with E-state index in [-0.39, 0.29) is 18.6 Å². The number of nitrogen functional groups attached to an aromatic ring is 1. The second-order valence-electron chi connectivity index (χ2n) is 6.54. The summed E-state index contributed by atoms with van der Waals surface area (Å²) in [6.45, 7) is 5.89. The number of ether oxygens (including phenoxy) is 1.